The largest absolute Gasteiger partial charge is 0.497 e. The van der Waals surface area contributed by atoms with Gasteiger partial charge in [-0.05, 0) is 42.2 Å². The quantitative estimate of drug-likeness (QED) is 0.816. The average molecular weight is 348 g/mol. The normalized spacial score (nSPS) is 11.7. The maximum atomic E-state index is 12.4. The molecule has 0 aliphatic heterocycles. The van der Waals surface area contributed by atoms with Crippen molar-refractivity contribution in [2.24, 2.45) is 0 Å². The van der Waals surface area contributed by atoms with E-state index in [0.717, 1.165) is 22.6 Å². The van der Waals surface area contributed by atoms with Gasteiger partial charge in [-0.15, -0.1) is 0 Å². The molecule has 1 N–H and O–H groups in total. The number of ether oxygens (including phenoxy) is 2. The highest BCUT2D eigenvalue weighted by molar-refractivity contribution is 6.31. The van der Waals surface area contributed by atoms with Gasteiger partial charge in [-0.3, -0.25) is 4.79 Å². The molecular formula is C19H22ClNO3. The number of carbonyl (C=O) groups excluding carboxylic acids is 1. The molecule has 0 aliphatic rings. The lowest BCUT2D eigenvalue weighted by atomic mass is 9.96. The van der Waals surface area contributed by atoms with Gasteiger partial charge in [-0.2, -0.15) is 0 Å². The van der Waals surface area contributed by atoms with Crippen molar-refractivity contribution in [3.8, 4) is 11.5 Å². The molecule has 0 bridgehead atoms. The van der Waals surface area contributed by atoms with Crippen molar-refractivity contribution in [2.45, 2.75) is 26.2 Å². The van der Waals surface area contributed by atoms with Gasteiger partial charge in [0.15, 0.2) is 0 Å². The minimum atomic E-state index is -0.0641. The standard InChI is InChI=1S/C19H22ClNO3/c1-12(15-9-8-14(23-3)11-18(15)24-4)10-19(22)21-17-7-5-6-16(20)13(17)2/h5-9,11-12H,10H2,1-4H3,(H,21,22). The number of anilines is 1. The van der Waals surface area contributed by atoms with Crippen LogP contribution in [0.5, 0.6) is 11.5 Å². The summed E-state index contributed by atoms with van der Waals surface area (Å²) in [7, 11) is 3.22. The van der Waals surface area contributed by atoms with Crippen molar-refractivity contribution < 1.29 is 14.3 Å². The second kappa shape index (κ2) is 8.06. The molecule has 2 aromatic carbocycles. The summed E-state index contributed by atoms with van der Waals surface area (Å²) in [5.41, 5.74) is 2.57. The SMILES string of the molecule is COc1ccc(C(C)CC(=O)Nc2cccc(Cl)c2C)c(OC)c1. The first kappa shape index (κ1) is 18.1. The van der Waals surface area contributed by atoms with Gasteiger partial charge in [0, 0.05) is 23.2 Å². The van der Waals surface area contributed by atoms with Crippen molar-refractivity contribution in [3.05, 3.63) is 52.5 Å². The number of hydrogen-bond donors (Lipinski definition) is 1. The molecule has 2 aromatic rings. The summed E-state index contributed by atoms with van der Waals surface area (Å²) in [6.07, 6.45) is 0.342. The lowest BCUT2D eigenvalue weighted by Gasteiger charge is -2.17. The summed E-state index contributed by atoms with van der Waals surface area (Å²) >= 11 is 6.09. The summed E-state index contributed by atoms with van der Waals surface area (Å²) in [6, 6.07) is 11.1. The molecule has 0 radical (unpaired) electrons. The Morgan fingerprint density at radius 3 is 2.62 bits per heavy atom. The zero-order valence-electron chi connectivity index (χ0n) is 14.4. The summed E-state index contributed by atoms with van der Waals surface area (Å²) in [6.45, 7) is 3.88. The fourth-order valence-electron chi connectivity index (χ4n) is 2.56. The summed E-state index contributed by atoms with van der Waals surface area (Å²) in [4.78, 5) is 12.4. The molecular weight excluding hydrogens is 326 g/mol. The van der Waals surface area contributed by atoms with E-state index in [-0.39, 0.29) is 11.8 Å². The lowest BCUT2D eigenvalue weighted by molar-refractivity contribution is -0.116. The smallest absolute Gasteiger partial charge is 0.224 e. The Balaban J connectivity index is 2.10. The van der Waals surface area contributed by atoms with E-state index < -0.39 is 0 Å². The van der Waals surface area contributed by atoms with Crippen LogP contribution in [0.2, 0.25) is 5.02 Å². The second-order valence-corrected chi connectivity index (χ2v) is 6.08. The maximum absolute atomic E-state index is 12.4. The van der Waals surface area contributed by atoms with E-state index in [1.165, 1.54) is 0 Å². The van der Waals surface area contributed by atoms with Gasteiger partial charge in [0.1, 0.15) is 11.5 Å². The zero-order valence-corrected chi connectivity index (χ0v) is 15.1. The number of methoxy groups -OCH3 is 2. The molecule has 0 aliphatic carbocycles. The van der Waals surface area contributed by atoms with Gasteiger partial charge in [0.2, 0.25) is 5.91 Å². The molecule has 128 valence electrons. The van der Waals surface area contributed by atoms with E-state index in [4.69, 9.17) is 21.1 Å². The molecule has 0 aromatic heterocycles. The number of carbonyl (C=O) groups is 1. The Bertz CT molecular complexity index is 731. The number of nitrogens with one attached hydrogen (secondary N) is 1. The molecule has 1 amide bonds. The van der Waals surface area contributed by atoms with E-state index in [2.05, 4.69) is 5.32 Å². The van der Waals surface area contributed by atoms with Gasteiger partial charge in [0.25, 0.3) is 0 Å². The van der Waals surface area contributed by atoms with Crippen LogP contribution in [0.1, 0.15) is 30.4 Å². The van der Waals surface area contributed by atoms with Crippen LogP contribution in [0.4, 0.5) is 5.69 Å². The van der Waals surface area contributed by atoms with Crippen LogP contribution < -0.4 is 14.8 Å². The van der Waals surface area contributed by atoms with Crippen molar-refractivity contribution in [1.29, 1.82) is 0 Å². The second-order valence-electron chi connectivity index (χ2n) is 5.67. The molecule has 0 heterocycles. The Morgan fingerprint density at radius 1 is 1.21 bits per heavy atom. The molecule has 24 heavy (non-hydrogen) atoms. The number of benzene rings is 2. The van der Waals surface area contributed by atoms with Crippen molar-refractivity contribution in [3.63, 3.8) is 0 Å². The number of rotatable bonds is 6. The van der Waals surface area contributed by atoms with Crippen molar-refractivity contribution in [2.75, 3.05) is 19.5 Å². The van der Waals surface area contributed by atoms with Gasteiger partial charge in [-0.1, -0.05) is 30.7 Å². The van der Waals surface area contributed by atoms with Crippen molar-refractivity contribution in [1.82, 2.24) is 0 Å². The Hall–Kier alpha value is -2.20. The fraction of sp³-hybridized carbons (Fsp3) is 0.316. The molecule has 0 fully saturated rings. The van der Waals surface area contributed by atoms with Crippen molar-refractivity contribution >= 4 is 23.2 Å². The first-order chi connectivity index (χ1) is 11.5. The topological polar surface area (TPSA) is 47.6 Å². The predicted molar refractivity (Wildman–Crippen MR) is 97.4 cm³/mol. The molecule has 2 rings (SSSR count). The third-order valence-corrected chi connectivity index (χ3v) is 4.41. The van der Waals surface area contributed by atoms with E-state index >= 15 is 0 Å². The lowest BCUT2D eigenvalue weighted by Crippen LogP contribution is -2.15. The van der Waals surface area contributed by atoms with Gasteiger partial charge < -0.3 is 14.8 Å². The molecule has 0 spiro atoms. The van der Waals surface area contributed by atoms with Crippen LogP contribution in [0.15, 0.2) is 36.4 Å². The number of halogens is 1. The van der Waals surface area contributed by atoms with E-state index in [1.807, 2.05) is 44.2 Å². The van der Waals surface area contributed by atoms with Crippen LogP contribution >= 0.6 is 11.6 Å². The molecule has 0 saturated carbocycles. The minimum Gasteiger partial charge on any atom is -0.497 e. The monoisotopic (exact) mass is 347 g/mol. The highest BCUT2D eigenvalue weighted by Gasteiger charge is 2.17. The van der Waals surface area contributed by atoms with Crippen LogP contribution in [0.3, 0.4) is 0 Å². The molecule has 1 atom stereocenters. The third-order valence-electron chi connectivity index (χ3n) is 4.00. The molecule has 1 unspecified atom stereocenters. The van der Waals surface area contributed by atoms with E-state index in [0.29, 0.717) is 17.2 Å². The van der Waals surface area contributed by atoms with Crippen LogP contribution in [0, 0.1) is 6.92 Å². The Morgan fingerprint density at radius 2 is 1.96 bits per heavy atom. The molecule has 4 nitrogen and oxygen atoms in total. The van der Waals surface area contributed by atoms with Crippen LogP contribution in [-0.4, -0.2) is 20.1 Å². The summed E-state index contributed by atoms with van der Waals surface area (Å²) < 4.78 is 10.6. The average Bonchev–Trinajstić information content (AvgIpc) is 2.58. The predicted octanol–water partition coefficient (Wildman–Crippen LogP) is 4.80. The van der Waals surface area contributed by atoms with Crippen LogP contribution in [-0.2, 0) is 4.79 Å². The minimum absolute atomic E-state index is 0.00495. The number of hydrogen-bond acceptors (Lipinski definition) is 3. The third kappa shape index (κ3) is 4.20. The first-order valence-electron chi connectivity index (χ1n) is 7.73. The Labute approximate surface area is 147 Å². The highest BCUT2D eigenvalue weighted by atomic mass is 35.5. The van der Waals surface area contributed by atoms with Gasteiger partial charge >= 0.3 is 0 Å². The first-order valence-corrected chi connectivity index (χ1v) is 8.11. The molecule has 5 heteroatoms. The van der Waals surface area contributed by atoms with E-state index in [9.17, 15) is 4.79 Å². The van der Waals surface area contributed by atoms with Gasteiger partial charge in [0.05, 0.1) is 14.2 Å². The fourth-order valence-corrected chi connectivity index (χ4v) is 2.73. The van der Waals surface area contributed by atoms with E-state index in [1.54, 1.807) is 20.3 Å². The zero-order chi connectivity index (χ0) is 17.7. The Kier molecular flexibility index (Phi) is 6.10. The summed E-state index contributed by atoms with van der Waals surface area (Å²) in [5, 5.41) is 3.56. The van der Waals surface area contributed by atoms with Crippen LogP contribution in [0.25, 0.3) is 0 Å². The highest BCUT2D eigenvalue weighted by Crippen LogP contribution is 2.32. The summed E-state index contributed by atoms with van der Waals surface area (Å²) in [5.74, 6) is 1.38. The van der Waals surface area contributed by atoms with Gasteiger partial charge in [-0.25, -0.2) is 0 Å². The molecule has 0 saturated heterocycles. The maximum Gasteiger partial charge on any atom is 0.224 e. The number of amides is 1.